The zero-order valence-electron chi connectivity index (χ0n) is 10.3. The maximum absolute atomic E-state index is 13.4. The van der Waals surface area contributed by atoms with Gasteiger partial charge < -0.3 is 11.1 Å². The van der Waals surface area contributed by atoms with Gasteiger partial charge in [0.05, 0.1) is 10.6 Å². The highest BCUT2D eigenvalue weighted by molar-refractivity contribution is 8.00. The minimum absolute atomic E-state index is 0.0257. The number of nitrogen functional groups attached to an aromatic ring is 1. The Morgan fingerprint density at radius 3 is 2.50 bits per heavy atom. The zero-order chi connectivity index (χ0) is 13.7. The normalized spacial score (nSPS) is 12.2. The summed E-state index contributed by atoms with van der Waals surface area (Å²) < 4.78 is 26.8. The third-order valence-electron chi connectivity index (χ3n) is 2.39. The molecular weight excluding hydrogens is 258 g/mol. The summed E-state index contributed by atoms with van der Waals surface area (Å²) in [5.41, 5.74) is 5.33. The van der Waals surface area contributed by atoms with Crippen molar-refractivity contribution >= 4 is 23.4 Å². The summed E-state index contributed by atoms with van der Waals surface area (Å²) in [6.07, 6.45) is 0.807. The van der Waals surface area contributed by atoms with E-state index in [0.717, 1.165) is 30.3 Å². The van der Waals surface area contributed by atoms with Gasteiger partial charge in [0.25, 0.3) is 0 Å². The fraction of sp³-hybridized carbons (Fsp3) is 0.417. The van der Waals surface area contributed by atoms with E-state index in [1.807, 2.05) is 13.8 Å². The van der Waals surface area contributed by atoms with E-state index in [1.54, 1.807) is 0 Å². The predicted molar refractivity (Wildman–Crippen MR) is 69.4 cm³/mol. The minimum Gasteiger partial charge on any atom is -0.399 e. The number of hydrogen-bond acceptors (Lipinski definition) is 3. The molecule has 0 fully saturated rings. The van der Waals surface area contributed by atoms with Crippen LogP contribution < -0.4 is 11.1 Å². The highest BCUT2D eigenvalue weighted by Crippen LogP contribution is 2.26. The number of hydrogen-bond donors (Lipinski definition) is 2. The summed E-state index contributed by atoms with van der Waals surface area (Å²) in [6.45, 7) is 3.81. The molecule has 6 heteroatoms. The summed E-state index contributed by atoms with van der Waals surface area (Å²) in [4.78, 5) is 11.3. The number of carbonyl (C=O) groups excluding carboxylic acids is 1. The van der Waals surface area contributed by atoms with Crippen molar-refractivity contribution in [3.63, 3.8) is 0 Å². The Bertz CT molecular complexity index is 417. The van der Waals surface area contributed by atoms with Crippen LogP contribution in [-0.2, 0) is 4.79 Å². The van der Waals surface area contributed by atoms with Crippen molar-refractivity contribution in [2.45, 2.75) is 31.2 Å². The van der Waals surface area contributed by atoms with Crippen LogP contribution >= 0.6 is 11.8 Å². The van der Waals surface area contributed by atoms with Gasteiger partial charge >= 0.3 is 0 Å². The Hall–Kier alpha value is -1.30. The van der Waals surface area contributed by atoms with Crippen molar-refractivity contribution in [1.82, 2.24) is 5.32 Å². The summed E-state index contributed by atoms with van der Waals surface area (Å²) in [5.74, 6) is -1.75. The molecule has 1 aromatic rings. The number of thioether (sulfide) groups is 1. The Morgan fingerprint density at radius 1 is 1.44 bits per heavy atom. The van der Waals surface area contributed by atoms with E-state index in [9.17, 15) is 13.6 Å². The van der Waals surface area contributed by atoms with Crippen molar-refractivity contribution in [2.75, 3.05) is 11.5 Å². The minimum atomic E-state index is -0.742. The second-order valence-corrected chi connectivity index (χ2v) is 4.96. The van der Waals surface area contributed by atoms with Gasteiger partial charge in [0.2, 0.25) is 5.91 Å². The molecule has 1 aromatic carbocycles. The predicted octanol–water partition coefficient (Wildman–Crippen LogP) is 2.55. The number of anilines is 1. The van der Waals surface area contributed by atoms with E-state index < -0.39 is 11.6 Å². The first kappa shape index (κ1) is 14.8. The molecule has 1 atom stereocenters. The van der Waals surface area contributed by atoms with Crippen LogP contribution in [-0.4, -0.2) is 17.7 Å². The lowest BCUT2D eigenvalue weighted by Crippen LogP contribution is -2.33. The van der Waals surface area contributed by atoms with Crippen LogP contribution in [0.2, 0.25) is 0 Å². The van der Waals surface area contributed by atoms with Gasteiger partial charge in [0.1, 0.15) is 11.6 Å². The van der Waals surface area contributed by atoms with Crippen molar-refractivity contribution in [3.05, 3.63) is 23.8 Å². The average molecular weight is 274 g/mol. The summed E-state index contributed by atoms with van der Waals surface area (Å²) in [5, 5.41) is 2.72. The van der Waals surface area contributed by atoms with E-state index in [-0.39, 0.29) is 28.3 Å². The van der Waals surface area contributed by atoms with E-state index in [1.165, 1.54) is 0 Å². The van der Waals surface area contributed by atoms with Gasteiger partial charge in [-0.2, -0.15) is 0 Å². The lowest BCUT2D eigenvalue weighted by molar-refractivity contribution is -0.119. The molecule has 0 bridgehead atoms. The molecule has 18 heavy (non-hydrogen) atoms. The lowest BCUT2D eigenvalue weighted by atomic mass is 10.3. The highest BCUT2D eigenvalue weighted by atomic mass is 32.2. The van der Waals surface area contributed by atoms with E-state index in [4.69, 9.17) is 5.73 Å². The van der Waals surface area contributed by atoms with E-state index >= 15 is 0 Å². The Morgan fingerprint density at radius 2 is 2.00 bits per heavy atom. The monoisotopic (exact) mass is 274 g/mol. The molecular formula is C12H16F2N2OS. The second kappa shape index (κ2) is 6.58. The molecule has 0 saturated carbocycles. The number of benzene rings is 1. The van der Waals surface area contributed by atoms with Gasteiger partial charge in [0, 0.05) is 11.7 Å². The van der Waals surface area contributed by atoms with Crippen molar-refractivity contribution in [2.24, 2.45) is 0 Å². The maximum atomic E-state index is 13.4. The molecule has 0 radical (unpaired) electrons. The van der Waals surface area contributed by atoms with Gasteiger partial charge in [-0.05, 0) is 25.5 Å². The van der Waals surface area contributed by atoms with Crippen LogP contribution in [0.15, 0.2) is 17.0 Å². The topological polar surface area (TPSA) is 55.1 Å². The second-order valence-electron chi connectivity index (χ2n) is 3.98. The molecule has 0 saturated heterocycles. The largest absolute Gasteiger partial charge is 0.399 e. The first-order valence-electron chi connectivity index (χ1n) is 5.60. The number of nitrogens with one attached hydrogen (secondary N) is 1. The van der Waals surface area contributed by atoms with Crippen molar-refractivity contribution < 1.29 is 13.6 Å². The van der Waals surface area contributed by atoms with Crippen LogP contribution in [0.25, 0.3) is 0 Å². The molecule has 3 nitrogen and oxygen atoms in total. The van der Waals surface area contributed by atoms with Gasteiger partial charge in [0.15, 0.2) is 0 Å². The number of nitrogens with two attached hydrogens (primary N) is 1. The summed E-state index contributed by atoms with van der Waals surface area (Å²) in [6, 6.07) is 2.13. The third-order valence-corrected chi connectivity index (χ3v) is 3.47. The fourth-order valence-corrected chi connectivity index (χ4v) is 2.03. The number of carbonyl (C=O) groups is 1. The first-order chi connectivity index (χ1) is 8.43. The molecule has 0 heterocycles. The molecule has 3 N–H and O–H groups in total. The average Bonchev–Trinajstić information content (AvgIpc) is 2.27. The van der Waals surface area contributed by atoms with Crippen LogP contribution in [0.1, 0.15) is 20.3 Å². The standard InChI is InChI=1S/C12H16F2N2OS/c1-3-7(2)16-11(17)6-18-12-9(13)4-8(15)5-10(12)14/h4-5,7H,3,6,15H2,1-2H3,(H,16,17). The zero-order valence-corrected chi connectivity index (χ0v) is 11.1. The number of rotatable bonds is 5. The maximum Gasteiger partial charge on any atom is 0.230 e. The smallest absolute Gasteiger partial charge is 0.230 e. The van der Waals surface area contributed by atoms with Crippen LogP contribution in [0, 0.1) is 11.6 Å². The Labute approximate surface area is 109 Å². The Kier molecular flexibility index (Phi) is 5.40. The fourth-order valence-electron chi connectivity index (χ4n) is 1.27. The molecule has 100 valence electrons. The van der Waals surface area contributed by atoms with Crippen molar-refractivity contribution in [3.8, 4) is 0 Å². The van der Waals surface area contributed by atoms with E-state index in [2.05, 4.69) is 5.32 Å². The van der Waals surface area contributed by atoms with Crippen LogP contribution in [0.3, 0.4) is 0 Å². The third kappa shape index (κ3) is 4.18. The lowest BCUT2D eigenvalue weighted by Gasteiger charge is -2.11. The van der Waals surface area contributed by atoms with Gasteiger partial charge in [-0.1, -0.05) is 6.92 Å². The Balaban J connectivity index is 2.61. The van der Waals surface area contributed by atoms with Gasteiger partial charge in [-0.15, -0.1) is 11.8 Å². The molecule has 0 spiro atoms. The molecule has 0 aromatic heterocycles. The summed E-state index contributed by atoms with van der Waals surface area (Å²) >= 11 is 0.825. The molecule has 0 aliphatic heterocycles. The molecule has 0 aliphatic rings. The van der Waals surface area contributed by atoms with Crippen molar-refractivity contribution in [1.29, 1.82) is 0 Å². The van der Waals surface area contributed by atoms with E-state index in [0.29, 0.717) is 0 Å². The molecule has 1 rings (SSSR count). The molecule has 0 aliphatic carbocycles. The van der Waals surface area contributed by atoms with Gasteiger partial charge in [-0.25, -0.2) is 8.78 Å². The first-order valence-corrected chi connectivity index (χ1v) is 6.59. The van der Waals surface area contributed by atoms with Gasteiger partial charge in [-0.3, -0.25) is 4.79 Å². The highest BCUT2D eigenvalue weighted by Gasteiger charge is 2.13. The SMILES string of the molecule is CCC(C)NC(=O)CSc1c(F)cc(N)cc1F. The van der Waals surface area contributed by atoms with Crippen LogP contribution in [0.4, 0.5) is 14.5 Å². The summed E-state index contributed by atoms with van der Waals surface area (Å²) in [7, 11) is 0. The number of halogens is 2. The quantitative estimate of drug-likeness (QED) is 0.641. The van der Waals surface area contributed by atoms with Crippen LogP contribution in [0.5, 0.6) is 0 Å². The molecule has 1 amide bonds. The molecule has 1 unspecified atom stereocenters. The number of amides is 1.